The summed E-state index contributed by atoms with van der Waals surface area (Å²) in [6.07, 6.45) is 1.27. The third-order valence-electron chi connectivity index (χ3n) is 3.37. The third-order valence-corrected chi connectivity index (χ3v) is 3.37. The van der Waals surface area contributed by atoms with Gasteiger partial charge in [0.15, 0.2) is 0 Å². The molecule has 1 rings (SSSR count). The van der Waals surface area contributed by atoms with E-state index in [0.717, 1.165) is 18.5 Å². The molecule has 0 bridgehead atoms. The van der Waals surface area contributed by atoms with Crippen molar-refractivity contribution in [1.29, 1.82) is 0 Å². The summed E-state index contributed by atoms with van der Waals surface area (Å²) < 4.78 is 0. The van der Waals surface area contributed by atoms with Crippen LogP contribution in [-0.4, -0.2) is 55.3 Å². The Bertz CT molecular complexity index is 460. The van der Waals surface area contributed by atoms with Crippen molar-refractivity contribution in [3.8, 4) is 0 Å². The molecule has 0 fully saturated rings. The van der Waals surface area contributed by atoms with Crippen LogP contribution in [0.15, 0.2) is 30.3 Å². The van der Waals surface area contributed by atoms with Crippen molar-refractivity contribution in [3.63, 3.8) is 0 Å². The third kappa shape index (κ3) is 7.78. The quantitative estimate of drug-likeness (QED) is 0.703. The summed E-state index contributed by atoms with van der Waals surface area (Å²) in [5, 5.41) is 2.89. The second kappa shape index (κ2) is 9.95. The van der Waals surface area contributed by atoms with Crippen LogP contribution in [0.25, 0.3) is 0 Å². The fourth-order valence-corrected chi connectivity index (χ4v) is 2.10. The SMILES string of the molecule is CC(=O)N(CCC(=O)NCCCN(C)C)Cc1ccccc1. The second-order valence-electron chi connectivity index (χ2n) is 5.68. The first-order valence-electron chi connectivity index (χ1n) is 7.70. The van der Waals surface area contributed by atoms with Crippen LogP contribution in [0.5, 0.6) is 0 Å². The molecule has 0 atom stereocenters. The monoisotopic (exact) mass is 305 g/mol. The van der Waals surface area contributed by atoms with Gasteiger partial charge in [0.25, 0.3) is 0 Å². The summed E-state index contributed by atoms with van der Waals surface area (Å²) in [5.41, 5.74) is 1.07. The molecule has 0 aromatic heterocycles. The molecule has 22 heavy (non-hydrogen) atoms. The molecular weight excluding hydrogens is 278 g/mol. The molecule has 0 saturated carbocycles. The molecule has 5 nitrogen and oxygen atoms in total. The van der Waals surface area contributed by atoms with Crippen LogP contribution in [0.3, 0.4) is 0 Å². The summed E-state index contributed by atoms with van der Waals surface area (Å²) in [6.45, 7) is 4.16. The van der Waals surface area contributed by atoms with Crippen molar-refractivity contribution in [3.05, 3.63) is 35.9 Å². The van der Waals surface area contributed by atoms with E-state index < -0.39 is 0 Å². The van der Waals surface area contributed by atoms with Crippen LogP contribution in [0.4, 0.5) is 0 Å². The zero-order valence-electron chi connectivity index (χ0n) is 13.8. The van der Waals surface area contributed by atoms with Crippen LogP contribution in [0, 0.1) is 0 Å². The Morgan fingerprint density at radius 1 is 1.09 bits per heavy atom. The average Bonchev–Trinajstić information content (AvgIpc) is 2.48. The minimum absolute atomic E-state index is 0.00179. The number of hydrogen-bond acceptors (Lipinski definition) is 3. The molecule has 0 saturated heterocycles. The lowest BCUT2D eigenvalue weighted by Gasteiger charge is -2.21. The number of amides is 2. The van der Waals surface area contributed by atoms with E-state index in [1.165, 1.54) is 6.92 Å². The standard InChI is InChI=1S/C17H27N3O2/c1-15(21)20(14-16-8-5-4-6-9-16)13-10-17(22)18-11-7-12-19(2)3/h4-6,8-9H,7,10-14H2,1-3H3,(H,18,22). The van der Waals surface area contributed by atoms with E-state index in [1.54, 1.807) is 4.90 Å². The number of rotatable bonds is 9. The zero-order chi connectivity index (χ0) is 16.4. The molecule has 0 aliphatic carbocycles. The fourth-order valence-electron chi connectivity index (χ4n) is 2.10. The van der Waals surface area contributed by atoms with Gasteiger partial charge in [-0.05, 0) is 32.6 Å². The Balaban J connectivity index is 2.32. The van der Waals surface area contributed by atoms with Crippen molar-refractivity contribution in [2.45, 2.75) is 26.3 Å². The molecule has 0 radical (unpaired) electrons. The van der Waals surface area contributed by atoms with Gasteiger partial charge in [0.05, 0.1) is 0 Å². The lowest BCUT2D eigenvalue weighted by atomic mass is 10.2. The number of carbonyl (C=O) groups is 2. The van der Waals surface area contributed by atoms with Gasteiger partial charge in [-0.1, -0.05) is 30.3 Å². The van der Waals surface area contributed by atoms with Gasteiger partial charge in [-0.2, -0.15) is 0 Å². The van der Waals surface area contributed by atoms with Crippen LogP contribution < -0.4 is 5.32 Å². The lowest BCUT2D eigenvalue weighted by molar-refractivity contribution is -0.130. The molecule has 1 N–H and O–H groups in total. The maximum Gasteiger partial charge on any atom is 0.221 e. The van der Waals surface area contributed by atoms with E-state index in [2.05, 4.69) is 10.2 Å². The fraction of sp³-hybridized carbons (Fsp3) is 0.529. The lowest BCUT2D eigenvalue weighted by Crippen LogP contribution is -2.34. The number of carbonyl (C=O) groups excluding carboxylic acids is 2. The predicted octanol–water partition coefficient (Wildman–Crippen LogP) is 1.49. The number of nitrogens with one attached hydrogen (secondary N) is 1. The molecule has 0 heterocycles. The highest BCUT2D eigenvalue weighted by Gasteiger charge is 2.11. The summed E-state index contributed by atoms with van der Waals surface area (Å²) in [6, 6.07) is 9.81. The number of hydrogen-bond donors (Lipinski definition) is 1. The van der Waals surface area contributed by atoms with Crippen molar-refractivity contribution in [2.24, 2.45) is 0 Å². The normalized spacial score (nSPS) is 10.5. The van der Waals surface area contributed by atoms with E-state index in [1.807, 2.05) is 44.4 Å². The largest absolute Gasteiger partial charge is 0.356 e. The van der Waals surface area contributed by atoms with Gasteiger partial charge in [0.2, 0.25) is 11.8 Å². The highest BCUT2D eigenvalue weighted by atomic mass is 16.2. The Morgan fingerprint density at radius 3 is 2.36 bits per heavy atom. The highest BCUT2D eigenvalue weighted by Crippen LogP contribution is 2.05. The Kier molecular flexibility index (Phi) is 8.22. The summed E-state index contributed by atoms with van der Waals surface area (Å²) in [7, 11) is 4.02. The van der Waals surface area contributed by atoms with E-state index in [4.69, 9.17) is 0 Å². The van der Waals surface area contributed by atoms with Crippen LogP contribution in [-0.2, 0) is 16.1 Å². The number of benzene rings is 1. The van der Waals surface area contributed by atoms with Gasteiger partial charge in [0.1, 0.15) is 0 Å². The molecule has 122 valence electrons. The van der Waals surface area contributed by atoms with Crippen molar-refractivity contribution in [1.82, 2.24) is 15.1 Å². The molecular formula is C17H27N3O2. The van der Waals surface area contributed by atoms with E-state index in [-0.39, 0.29) is 11.8 Å². The first-order chi connectivity index (χ1) is 10.5. The molecule has 0 spiro atoms. The molecule has 2 amide bonds. The Labute approximate surface area is 133 Å². The van der Waals surface area contributed by atoms with Crippen molar-refractivity contribution < 1.29 is 9.59 Å². The smallest absolute Gasteiger partial charge is 0.221 e. The van der Waals surface area contributed by atoms with E-state index in [0.29, 0.717) is 26.1 Å². The van der Waals surface area contributed by atoms with Crippen LogP contribution in [0.1, 0.15) is 25.3 Å². The highest BCUT2D eigenvalue weighted by molar-refractivity contribution is 5.77. The topological polar surface area (TPSA) is 52.7 Å². The second-order valence-corrected chi connectivity index (χ2v) is 5.68. The van der Waals surface area contributed by atoms with E-state index in [9.17, 15) is 9.59 Å². The summed E-state index contributed by atoms with van der Waals surface area (Å²) >= 11 is 0. The van der Waals surface area contributed by atoms with Crippen molar-refractivity contribution in [2.75, 3.05) is 33.7 Å². The summed E-state index contributed by atoms with van der Waals surface area (Å²) in [5.74, 6) is -0.0117. The van der Waals surface area contributed by atoms with Crippen molar-refractivity contribution >= 4 is 11.8 Å². The summed E-state index contributed by atoms with van der Waals surface area (Å²) in [4.78, 5) is 27.3. The maximum absolute atomic E-state index is 11.8. The Hall–Kier alpha value is -1.88. The van der Waals surface area contributed by atoms with E-state index >= 15 is 0 Å². The van der Waals surface area contributed by atoms with Gasteiger partial charge in [-0.25, -0.2) is 0 Å². The van der Waals surface area contributed by atoms with Gasteiger partial charge >= 0.3 is 0 Å². The minimum Gasteiger partial charge on any atom is -0.356 e. The molecule has 0 aliphatic heterocycles. The first-order valence-corrected chi connectivity index (χ1v) is 7.70. The first kappa shape index (κ1) is 18.2. The predicted molar refractivity (Wildman–Crippen MR) is 88.3 cm³/mol. The average molecular weight is 305 g/mol. The number of nitrogens with zero attached hydrogens (tertiary/aromatic N) is 2. The molecule has 0 unspecified atom stereocenters. The van der Waals surface area contributed by atoms with Crippen LogP contribution in [0.2, 0.25) is 0 Å². The maximum atomic E-state index is 11.8. The molecule has 5 heteroatoms. The van der Waals surface area contributed by atoms with Gasteiger partial charge in [-0.15, -0.1) is 0 Å². The van der Waals surface area contributed by atoms with Gasteiger partial charge in [0, 0.05) is 33.0 Å². The molecule has 1 aromatic rings. The van der Waals surface area contributed by atoms with Crippen LogP contribution >= 0.6 is 0 Å². The molecule has 0 aliphatic rings. The van der Waals surface area contributed by atoms with Gasteiger partial charge < -0.3 is 15.1 Å². The zero-order valence-corrected chi connectivity index (χ0v) is 13.8. The minimum atomic E-state index is -0.00994. The molecule has 1 aromatic carbocycles. The van der Waals surface area contributed by atoms with Gasteiger partial charge in [-0.3, -0.25) is 9.59 Å². The Morgan fingerprint density at radius 2 is 1.77 bits per heavy atom.